The maximum Gasteiger partial charge on any atom is 0.257 e. The Morgan fingerprint density at radius 1 is 1.14 bits per heavy atom. The molecule has 5 nitrogen and oxygen atoms in total. The average molecular weight is 412 g/mol. The Morgan fingerprint density at radius 2 is 1.86 bits per heavy atom. The molecule has 0 aliphatic carbocycles. The molecular formula is C23H29N3O2S. The first kappa shape index (κ1) is 21.1. The van der Waals surface area contributed by atoms with Gasteiger partial charge < -0.3 is 15.0 Å². The molecule has 1 fully saturated rings. The number of thiocarbonyl (C=S) groups is 1. The number of amides is 1. The minimum Gasteiger partial charge on any atom is -0.494 e. The first-order valence-electron chi connectivity index (χ1n) is 10.3. The molecule has 29 heavy (non-hydrogen) atoms. The summed E-state index contributed by atoms with van der Waals surface area (Å²) in [5.41, 5.74) is 2.61. The zero-order chi connectivity index (χ0) is 20.6. The number of benzene rings is 2. The van der Waals surface area contributed by atoms with Crippen molar-refractivity contribution in [3.8, 4) is 5.75 Å². The quantitative estimate of drug-likeness (QED) is 0.657. The molecule has 0 unspecified atom stereocenters. The summed E-state index contributed by atoms with van der Waals surface area (Å²) in [6, 6.07) is 15.8. The molecule has 6 heteroatoms. The molecule has 2 N–H and O–H groups in total. The summed E-state index contributed by atoms with van der Waals surface area (Å²) in [6.07, 6.45) is 4.73. The Hall–Kier alpha value is -2.60. The molecule has 0 radical (unpaired) electrons. The lowest BCUT2D eigenvalue weighted by Crippen LogP contribution is -2.37. The Bertz CT molecular complexity index is 821. The van der Waals surface area contributed by atoms with Crippen LogP contribution >= 0.6 is 12.2 Å². The third-order valence-electron chi connectivity index (χ3n) is 5.08. The average Bonchev–Trinajstić information content (AvgIpc) is 2.73. The summed E-state index contributed by atoms with van der Waals surface area (Å²) in [5.74, 6) is 0.510. The Balaban J connectivity index is 1.52. The smallest absolute Gasteiger partial charge is 0.257 e. The summed E-state index contributed by atoms with van der Waals surface area (Å²) >= 11 is 5.29. The lowest BCUT2D eigenvalue weighted by Gasteiger charge is -2.35. The Morgan fingerprint density at radius 3 is 2.52 bits per heavy atom. The third kappa shape index (κ3) is 5.94. The van der Waals surface area contributed by atoms with Crippen LogP contribution in [0.4, 0.5) is 11.4 Å². The SMILES string of the molecule is CCCOc1ccc(C(=O)NC(=S)Nc2ccc(N3CCCC[C@@H]3C)cc2)cc1. The molecule has 1 amide bonds. The second-order valence-electron chi connectivity index (χ2n) is 7.37. The molecule has 2 aromatic rings. The number of piperidine rings is 1. The van der Waals surface area contributed by atoms with Crippen molar-refractivity contribution in [3.05, 3.63) is 54.1 Å². The van der Waals surface area contributed by atoms with Crippen molar-refractivity contribution in [3.63, 3.8) is 0 Å². The van der Waals surface area contributed by atoms with E-state index in [1.807, 2.05) is 12.1 Å². The minimum atomic E-state index is -0.247. The van der Waals surface area contributed by atoms with Gasteiger partial charge in [0.15, 0.2) is 5.11 Å². The Kier molecular flexibility index (Phi) is 7.47. The van der Waals surface area contributed by atoms with E-state index in [4.69, 9.17) is 17.0 Å². The fourth-order valence-corrected chi connectivity index (χ4v) is 3.69. The van der Waals surface area contributed by atoms with Crippen LogP contribution in [0.25, 0.3) is 0 Å². The van der Waals surface area contributed by atoms with Crippen LogP contribution in [-0.2, 0) is 0 Å². The molecule has 0 spiro atoms. The molecule has 3 rings (SSSR count). The van der Waals surface area contributed by atoms with E-state index < -0.39 is 0 Å². The van der Waals surface area contributed by atoms with Gasteiger partial charge in [-0.1, -0.05) is 6.92 Å². The molecule has 0 bridgehead atoms. The van der Waals surface area contributed by atoms with E-state index in [1.54, 1.807) is 24.3 Å². The predicted octanol–water partition coefficient (Wildman–Crippen LogP) is 4.98. The number of carbonyl (C=O) groups is 1. The summed E-state index contributed by atoms with van der Waals surface area (Å²) in [6.45, 7) is 6.09. The molecule has 1 heterocycles. The van der Waals surface area contributed by atoms with Gasteiger partial charge in [0, 0.05) is 29.5 Å². The topological polar surface area (TPSA) is 53.6 Å². The number of ether oxygens (including phenoxy) is 1. The molecule has 2 aromatic carbocycles. The van der Waals surface area contributed by atoms with Crippen LogP contribution in [0.2, 0.25) is 0 Å². The lowest BCUT2D eigenvalue weighted by atomic mass is 10.0. The number of hydrogen-bond acceptors (Lipinski definition) is 4. The van der Waals surface area contributed by atoms with Crippen molar-refractivity contribution in [2.24, 2.45) is 0 Å². The third-order valence-corrected chi connectivity index (χ3v) is 5.28. The van der Waals surface area contributed by atoms with Crippen LogP contribution in [0, 0.1) is 0 Å². The van der Waals surface area contributed by atoms with Gasteiger partial charge in [-0.05, 0) is 93.4 Å². The fraction of sp³-hybridized carbons (Fsp3) is 0.391. The van der Waals surface area contributed by atoms with Gasteiger partial charge in [0.2, 0.25) is 0 Å². The summed E-state index contributed by atoms with van der Waals surface area (Å²) in [4.78, 5) is 14.8. The highest BCUT2D eigenvalue weighted by Gasteiger charge is 2.18. The van der Waals surface area contributed by atoms with Crippen LogP contribution in [0.15, 0.2) is 48.5 Å². The van der Waals surface area contributed by atoms with Crippen molar-refractivity contribution >= 4 is 34.6 Å². The highest BCUT2D eigenvalue weighted by molar-refractivity contribution is 7.80. The van der Waals surface area contributed by atoms with E-state index in [0.717, 1.165) is 24.4 Å². The molecule has 154 valence electrons. The van der Waals surface area contributed by atoms with Gasteiger partial charge in [-0.25, -0.2) is 0 Å². The monoisotopic (exact) mass is 411 g/mol. The Labute approximate surface area is 178 Å². The summed E-state index contributed by atoms with van der Waals surface area (Å²) in [5, 5.41) is 6.08. The first-order chi connectivity index (χ1) is 14.1. The van der Waals surface area contributed by atoms with Crippen molar-refractivity contribution in [2.75, 3.05) is 23.4 Å². The second-order valence-corrected chi connectivity index (χ2v) is 7.77. The largest absolute Gasteiger partial charge is 0.494 e. The van der Waals surface area contributed by atoms with Crippen LogP contribution < -0.4 is 20.3 Å². The van der Waals surface area contributed by atoms with Crippen LogP contribution in [0.1, 0.15) is 49.9 Å². The van der Waals surface area contributed by atoms with E-state index >= 15 is 0 Å². The second kappa shape index (κ2) is 10.3. The maximum atomic E-state index is 12.4. The van der Waals surface area contributed by atoms with Crippen LogP contribution in [0.5, 0.6) is 5.75 Å². The van der Waals surface area contributed by atoms with E-state index in [1.165, 1.54) is 24.9 Å². The van der Waals surface area contributed by atoms with Gasteiger partial charge in [-0.3, -0.25) is 10.1 Å². The number of carbonyl (C=O) groups excluding carboxylic acids is 1. The lowest BCUT2D eigenvalue weighted by molar-refractivity contribution is 0.0977. The maximum absolute atomic E-state index is 12.4. The number of rotatable bonds is 6. The fourth-order valence-electron chi connectivity index (χ4n) is 3.48. The zero-order valence-electron chi connectivity index (χ0n) is 17.1. The first-order valence-corrected chi connectivity index (χ1v) is 10.7. The highest BCUT2D eigenvalue weighted by Crippen LogP contribution is 2.25. The summed E-state index contributed by atoms with van der Waals surface area (Å²) in [7, 11) is 0. The van der Waals surface area contributed by atoms with Crippen LogP contribution in [-0.4, -0.2) is 30.2 Å². The van der Waals surface area contributed by atoms with Crippen molar-refractivity contribution in [1.82, 2.24) is 5.32 Å². The molecule has 1 aliphatic heterocycles. The van der Waals surface area contributed by atoms with Crippen molar-refractivity contribution < 1.29 is 9.53 Å². The van der Waals surface area contributed by atoms with Crippen molar-refractivity contribution in [2.45, 2.75) is 45.6 Å². The van der Waals surface area contributed by atoms with Gasteiger partial charge >= 0.3 is 0 Å². The van der Waals surface area contributed by atoms with Gasteiger partial charge in [0.05, 0.1) is 6.61 Å². The normalized spacial score (nSPS) is 16.2. The van der Waals surface area contributed by atoms with Gasteiger partial charge in [0.1, 0.15) is 5.75 Å². The molecule has 1 atom stereocenters. The zero-order valence-corrected chi connectivity index (χ0v) is 17.9. The van der Waals surface area contributed by atoms with Crippen LogP contribution in [0.3, 0.4) is 0 Å². The van der Waals surface area contributed by atoms with Gasteiger partial charge in [0.25, 0.3) is 5.91 Å². The number of nitrogens with one attached hydrogen (secondary N) is 2. The highest BCUT2D eigenvalue weighted by atomic mass is 32.1. The van der Waals surface area contributed by atoms with E-state index in [9.17, 15) is 4.79 Å². The van der Waals surface area contributed by atoms with E-state index in [0.29, 0.717) is 18.2 Å². The summed E-state index contributed by atoms with van der Waals surface area (Å²) < 4.78 is 5.54. The number of hydrogen-bond donors (Lipinski definition) is 2. The molecule has 1 aliphatic rings. The number of nitrogens with zero attached hydrogens (tertiary/aromatic N) is 1. The van der Waals surface area contributed by atoms with Crippen molar-refractivity contribution in [1.29, 1.82) is 0 Å². The molecular weight excluding hydrogens is 382 g/mol. The molecule has 1 saturated heterocycles. The number of anilines is 2. The molecule has 0 saturated carbocycles. The standard InChI is InChI=1S/C23H29N3O2S/c1-3-16-28-21-13-7-18(8-14-21)22(27)25-23(29)24-19-9-11-20(12-10-19)26-15-5-4-6-17(26)2/h7-14,17H,3-6,15-16H2,1-2H3,(H2,24,25,27,29)/t17-/m0/s1. The van der Waals surface area contributed by atoms with E-state index in [-0.39, 0.29) is 11.0 Å². The predicted molar refractivity (Wildman–Crippen MR) is 123 cm³/mol. The van der Waals surface area contributed by atoms with Gasteiger partial charge in [-0.2, -0.15) is 0 Å². The van der Waals surface area contributed by atoms with E-state index in [2.05, 4.69) is 41.5 Å². The van der Waals surface area contributed by atoms with Gasteiger partial charge in [-0.15, -0.1) is 0 Å². The molecule has 0 aromatic heterocycles. The minimum absolute atomic E-state index is 0.247.